The molecule has 2 aliphatic carbocycles. The van der Waals surface area contributed by atoms with E-state index in [1.54, 1.807) is 34.8 Å². The maximum atomic E-state index is 13.8. The first-order valence-electron chi connectivity index (χ1n) is 15.0. The van der Waals surface area contributed by atoms with Gasteiger partial charge >= 0.3 is 0 Å². The molecule has 3 heterocycles. The van der Waals surface area contributed by atoms with E-state index in [-0.39, 0.29) is 11.3 Å². The van der Waals surface area contributed by atoms with Crippen LogP contribution in [-0.2, 0) is 25.7 Å². The Hall–Kier alpha value is -3.18. The summed E-state index contributed by atoms with van der Waals surface area (Å²) in [4.78, 5) is 21.4. The second-order valence-electron chi connectivity index (χ2n) is 12.9. The zero-order valence-corrected chi connectivity index (χ0v) is 27.8. The van der Waals surface area contributed by atoms with Crippen molar-refractivity contribution in [3.63, 3.8) is 0 Å². The zero-order valence-electron chi connectivity index (χ0n) is 25.4. The topological polar surface area (TPSA) is 70.2 Å². The number of aryl methyl sites for hydroxylation is 2. The summed E-state index contributed by atoms with van der Waals surface area (Å²) in [6, 6.07) is 11.9. The van der Waals surface area contributed by atoms with Crippen molar-refractivity contribution in [3.8, 4) is 11.1 Å². The van der Waals surface area contributed by atoms with Gasteiger partial charge in [0, 0.05) is 43.6 Å². The molecule has 5 nitrogen and oxygen atoms in total. The Balaban J connectivity index is 1.37. The molecule has 0 saturated heterocycles. The van der Waals surface area contributed by atoms with Gasteiger partial charge in [-0.25, -0.2) is 4.99 Å². The molecule has 0 spiro atoms. The van der Waals surface area contributed by atoms with Gasteiger partial charge in [-0.15, -0.1) is 22.7 Å². The molecule has 6 rings (SSSR count). The van der Waals surface area contributed by atoms with Crippen LogP contribution in [0.3, 0.4) is 0 Å². The highest BCUT2D eigenvalue weighted by molar-refractivity contribution is 7.16. The SMILES string of the molecule is Cc1cc(C=Nc2sc3c(c2C(=O)Nc2ccc(Cl)cc2)CC[C@@H](C(C)(C)C)C3)c(C)n1-c1sc2c(c1C#N)CCCC2. The number of hydrogen-bond acceptors (Lipinski definition) is 5. The Morgan fingerprint density at radius 2 is 1.84 bits per heavy atom. The van der Waals surface area contributed by atoms with E-state index in [0.717, 1.165) is 76.6 Å². The molecule has 0 unspecified atom stereocenters. The van der Waals surface area contributed by atoms with Crippen LogP contribution in [0.4, 0.5) is 10.7 Å². The summed E-state index contributed by atoms with van der Waals surface area (Å²) in [5.74, 6) is 0.432. The fraction of sp³-hybridized carbons (Fsp3) is 0.400. The molecule has 0 aliphatic heterocycles. The largest absolute Gasteiger partial charge is 0.322 e. The van der Waals surface area contributed by atoms with Crippen LogP contribution in [0.15, 0.2) is 35.3 Å². The highest BCUT2D eigenvalue weighted by atomic mass is 35.5. The van der Waals surface area contributed by atoms with Crippen LogP contribution < -0.4 is 5.32 Å². The molecule has 43 heavy (non-hydrogen) atoms. The number of nitrogens with one attached hydrogen (secondary N) is 1. The Morgan fingerprint density at radius 1 is 1.09 bits per heavy atom. The van der Waals surface area contributed by atoms with Gasteiger partial charge in [0.2, 0.25) is 0 Å². The van der Waals surface area contributed by atoms with Gasteiger partial charge in [0.05, 0.1) is 11.1 Å². The van der Waals surface area contributed by atoms with E-state index in [4.69, 9.17) is 16.6 Å². The standard InChI is InChI=1S/C35H37ClN4OS2/c1-20-16-22(21(2)40(20)34-28(18-37)26-8-6-7-9-29(26)43-34)19-38-33-31(32(41)39-25-13-11-24(36)12-14-25)27-15-10-23(35(3,4)5)17-30(27)42-33/h11-14,16,19,23H,6-10,15,17H2,1-5H3,(H,39,41)/t23-/m1/s1. The number of thiophene rings is 2. The molecular formula is C35H37ClN4OS2. The Bertz CT molecular complexity index is 1780. The van der Waals surface area contributed by atoms with Gasteiger partial charge in [0.25, 0.3) is 5.91 Å². The summed E-state index contributed by atoms with van der Waals surface area (Å²) in [5.41, 5.74) is 7.93. The number of carbonyl (C=O) groups excluding carboxylic acids is 1. The number of anilines is 1. The number of hydrogen-bond donors (Lipinski definition) is 1. The van der Waals surface area contributed by atoms with Crippen molar-refractivity contribution in [1.29, 1.82) is 5.26 Å². The van der Waals surface area contributed by atoms with Gasteiger partial charge in [-0.3, -0.25) is 4.79 Å². The van der Waals surface area contributed by atoms with Gasteiger partial charge in [-0.2, -0.15) is 5.26 Å². The molecule has 1 atom stereocenters. The van der Waals surface area contributed by atoms with Crippen molar-refractivity contribution in [3.05, 3.63) is 84.3 Å². The number of nitrogens with zero attached hydrogens (tertiary/aromatic N) is 3. The minimum atomic E-state index is -0.130. The molecule has 0 radical (unpaired) electrons. The summed E-state index contributed by atoms with van der Waals surface area (Å²) in [6.45, 7) is 11.1. The molecule has 4 aromatic rings. The second kappa shape index (κ2) is 11.7. The fourth-order valence-electron chi connectivity index (χ4n) is 6.55. The number of amides is 1. The molecule has 0 bridgehead atoms. The van der Waals surface area contributed by atoms with Crippen molar-refractivity contribution in [2.45, 2.75) is 79.6 Å². The van der Waals surface area contributed by atoms with Crippen LogP contribution in [-0.4, -0.2) is 16.7 Å². The first kappa shape index (κ1) is 29.9. The van der Waals surface area contributed by atoms with Crippen molar-refractivity contribution >= 4 is 57.1 Å². The monoisotopic (exact) mass is 628 g/mol. The van der Waals surface area contributed by atoms with Crippen molar-refractivity contribution in [2.75, 3.05) is 5.32 Å². The van der Waals surface area contributed by atoms with Gasteiger partial charge in [0.1, 0.15) is 16.1 Å². The summed E-state index contributed by atoms with van der Waals surface area (Å²) in [6.07, 6.45) is 9.19. The molecule has 8 heteroatoms. The Kier molecular flexibility index (Phi) is 8.14. The normalized spacial score (nSPS) is 16.6. The average molecular weight is 629 g/mol. The van der Waals surface area contributed by atoms with Crippen molar-refractivity contribution in [2.24, 2.45) is 16.3 Å². The highest BCUT2D eigenvalue weighted by Crippen LogP contribution is 2.46. The predicted octanol–water partition coefficient (Wildman–Crippen LogP) is 9.77. The van der Waals surface area contributed by atoms with E-state index >= 15 is 0 Å². The summed E-state index contributed by atoms with van der Waals surface area (Å²) in [5, 5.41) is 15.6. The molecule has 1 N–H and O–H groups in total. The molecule has 222 valence electrons. The average Bonchev–Trinajstić information content (AvgIpc) is 3.61. The first-order valence-corrected chi connectivity index (χ1v) is 17.1. The molecule has 1 aromatic carbocycles. The second-order valence-corrected chi connectivity index (χ2v) is 15.5. The number of nitriles is 1. The van der Waals surface area contributed by atoms with E-state index in [9.17, 15) is 10.1 Å². The third-order valence-electron chi connectivity index (χ3n) is 9.06. The molecule has 1 amide bonds. The number of rotatable bonds is 5. The molecule has 2 aliphatic rings. The van der Waals surface area contributed by atoms with E-state index < -0.39 is 0 Å². The number of carbonyl (C=O) groups is 1. The third kappa shape index (κ3) is 5.73. The van der Waals surface area contributed by atoms with Crippen LogP contribution in [0, 0.1) is 36.5 Å². The quantitative estimate of drug-likeness (QED) is 0.223. The number of halogens is 1. The van der Waals surface area contributed by atoms with E-state index in [1.807, 2.05) is 18.3 Å². The van der Waals surface area contributed by atoms with Gasteiger partial charge in [-0.1, -0.05) is 32.4 Å². The van der Waals surface area contributed by atoms with Crippen LogP contribution in [0.5, 0.6) is 0 Å². The number of aliphatic imine (C=N–C) groups is 1. The summed E-state index contributed by atoms with van der Waals surface area (Å²) >= 11 is 9.49. The molecule has 0 fully saturated rings. The Morgan fingerprint density at radius 3 is 2.56 bits per heavy atom. The van der Waals surface area contributed by atoms with Gasteiger partial charge in [-0.05, 0) is 112 Å². The van der Waals surface area contributed by atoms with Gasteiger partial charge < -0.3 is 9.88 Å². The Labute approximate surface area is 267 Å². The lowest BCUT2D eigenvalue weighted by Crippen LogP contribution is -2.27. The number of fused-ring (bicyclic) bond motifs is 2. The van der Waals surface area contributed by atoms with Crippen LogP contribution in [0.2, 0.25) is 5.02 Å². The smallest absolute Gasteiger partial charge is 0.259 e. The van der Waals surface area contributed by atoms with Crippen LogP contribution in [0.25, 0.3) is 5.00 Å². The number of aromatic nitrogens is 1. The summed E-state index contributed by atoms with van der Waals surface area (Å²) in [7, 11) is 0. The summed E-state index contributed by atoms with van der Waals surface area (Å²) < 4.78 is 2.21. The maximum Gasteiger partial charge on any atom is 0.259 e. The first-order chi connectivity index (χ1) is 20.5. The lowest BCUT2D eigenvalue weighted by molar-refractivity contribution is 0.102. The van der Waals surface area contributed by atoms with E-state index in [0.29, 0.717) is 22.2 Å². The highest BCUT2D eigenvalue weighted by Gasteiger charge is 2.34. The van der Waals surface area contributed by atoms with Crippen molar-refractivity contribution < 1.29 is 4.79 Å². The number of benzene rings is 1. The lowest BCUT2D eigenvalue weighted by Gasteiger charge is -2.33. The molecule has 0 saturated carbocycles. The van der Waals surface area contributed by atoms with Crippen LogP contribution in [0.1, 0.15) is 93.8 Å². The lowest BCUT2D eigenvalue weighted by atomic mass is 9.72. The van der Waals surface area contributed by atoms with E-state index in [2.05, 4.69) is 56.6 Å². The minimum Gasteiger partial charge on any atom is -0.322 e. The predicted molar refractivity (Wildman–Crippen MR) is 180 cm³/mol. The van der Waals surface area contributed by atoms with E-state index in [1.165, 1.54) is 21.7 Å². The van der Waals surface area contributed by atoms with Gasteiger partial charge in [0.15, 0.2) is 0 Å². The molecule has 3 aromatic heterocycles. The van der Waals surface area contributed by atoms with Crippen molar-refractivity contribution in [1.82, 2.24) is 4.57 Å². The fourth-order valence-corrected chi connectivity index (χ4v) is 9.39. The zero-order chi connectivity index (χ0) is 30.5. The minimum absolute atomic E-state index is 0.130. The third-order valence-corrected chi connectivity index (χ3v) is 11.8. The maximum absolute atomic E-state index is 13.8. The molecular weight excluding hydrogens is 592 g/mol. The van der Waals surface area contributed by atoms with Crippen LogP contribution >= 0.6 is 34.3 Å².